The monoisotopic (exact) mass is 250 g/mol. The van der Waals surface area contributed by atoms with E-state index < -0.39 is 21.6 Å². The number of hydrogen-bond acceptors (Lipinski definition) is 3. The third-order valence-corrected chi connectivity index (χ3v) is 2.26. The molecule has 0 atom stereocenters. The van der Waals surface area contributed by atoms with Gasteiger partial charge < -0.3 is 5.32 Å². The topological polar surface area (TPSA) is 75.3 Å². The van der Waals surface area contributed by atoms with Crippen molar-refractivity contribution in [2.75, 3.05) is 6.26 Å². The van der Waals surface area contributed by atoms with E-state index >= 15 is 0 Å². The number of carbonyl (C=O) groups is 1. The van der Waals surface area contributed by atoms with E-state index in [2.05, 4.69) is 26.1 Å². The van der Waals surface area contributed by atoms with Gasteiger partial charge in [0, 0.05) is 5.54 Å². The zero-order chi connectivity index (χ0) is 13.2. The van der Waals surface area contributed by atoms with Gasteiger partial charge in [0.1, 0.15) is 0 Å². The molecule has 2 N–H and O–H groups in total. The summed E-state index contributed by atoms with van der Waals surface area (Å²) in [5, 5.41) is 2.64. The highest BCUT2D eigenvalue weighted by Gasteiger charge is 2.27. The number of hydrogen-bond donors (Lipinski definition) is 2. The van der Waals surface area contributed by atoms with E-state index in [-0.39, 0.29) is 5.41 Å². The zero-order valence-electron chi connectivity index (χ0n) is 10.8. The van der Waals surface area contributed by atoms with Crippen molar-refractivity contribution >= 4 is 16.1 Å². The summed E-state index contributed by atoms with van der Waals surface area (Å²) >= 11 is 0. The van der Waals surface area contributed by atoms with Crippen LogP contribution in [-0.4, -0.2) is 26.2 Å². The average Bonchev–Trinajstić information content (AvgIpc) is 1.70. The molecule has 0 saturated heterocycles. The maximum atomic E-state index is 11.4. The van der Waals surface area contributed by atoms with Crippen molar-refractivity contribution in [1.82, 2.24) is 10.0 Å². The van der Waals surface area contributed by atoms with Crippen LogP contribution in [0.4, 0.5) is 4.79 Å². The molecule has 0 rings (SSSR count). The number of carbonyl (C=O) groups excluding carboxylic acids is 1. The Bertz CT molecular complexity index is 353. The van der Waals surface area contributed by atoms with Gasteiger partial charge in [-0.1, -0.05) is 20.8 Å². The van der Waals surface area contributed by atoms with Crippen molar-refractivity contribution in [1.29, 1.82) is 0 Å². The first-order chi connectivity index (χ1) is 6.81. The highest BCUT2D eigenvalue weighted by molar-refractivity contribution is 7.89. The van der Waals surface area contributed by atoms with Gasteiger partial charge in [0.2, 0.25) is 10.0 Å². The predicted molar refractivity (Wildman–Crippen MR) is 64.7 cm³/mol. The van der Waals surface area contributed by atoms with Gasteiger partial charge in [-0.3, -0.25) is 0 Å². The van der Waals surface area contributed by atoms with Gasteiger partial charge in [-0.25, -0.2) is 17.9 Å². The normalized spacial score (nSPS) is 13.4. The lowest BCUT2D eigenvalue weighted by Crippen LogP contribution is -2.51. The van der Waals surface area contributed by atoms with Crippen molar-refractivity contribution in [3.05, 3.63) is 0 Å². The molecular formula is C10H22N2O3S. The largest absolute Gasteiger partial charge is 0.332 e. The number of nitrogens with one attached hydrogen (secondary N) is 2. The summed E-state index contributed by atoms with van der Waals surface area (Å²) < 4.78 is 23.6. The SMILES string of the molecule is CC(C)(C)CC(C)(C)NC(=O)NS(C)(=O)=O. The van der Waals surface area contributed by atoms with Crippen LogP contribution in [0.1, 0.15) is 41.0 Å². The quantitative estimate of drug-likeness (QED) is 0.796. The van der Waals surface area contributed by atoms with Crippen molar-refractivity contribution in [3.8, 4) is 0 Å². The third kappa shape index (κ3) is 8.52. The molecule has 0 aromatic carbocycles. The van der Waals surface area contributed by atoms with Crippen molar-refractivity contribution in [2.45, 2.75) is 46.6 Å². The smallest absolute Gasteiger partial charge is 0.328 e. The summed E-state index contributed by atoms with van der Waals surface area (Å²) in [6, 6.07) is -0.684. The van der Waals surface area contributed by atoms with E-state index in [1.54, 1.807) is 0 Å². The fraction of sp³-hybridized carbons (Fsp3) is 0.900. The molecule has 6 heteroatoms. The Labute approximate surface area is 98.0 Å². The molecule has 0 aliphatic carbocycles. The Morgan fingerprint density at radius 1 is 1.12 bits per heavy atom. The zero-order valence-corrected chi connectivity index (χ0v) is 11.7. The summed E-state index contributed by atoms with van der Waals surface area (Å²) in [5.41, 5.74) is -0.394. The molecule has 0 unspecified atom stereocenters. The maximum absolute atomic E-state index is 11.4. The van der Waals surface area contributed by atoms with E-state index in [1.165, 1.54) is 0 Å². The molecule has 0 aromatic rings. The first kappa shape index (κ1) is 15.2. The van der Waals surface area contributed by atoms with Crippen LogP contribution in [0, 0.1) is 5.41 Å². The summed E-state index contributed by atoms with van der Waals surface area (Å²) in [6.07, 6.45) is 1.69. The Morgan fingerprint density at radius 3 is 1.88 bits per heavy atom. The van der Waals surface area contributed by atoms with Gasteiger partial charge in [0.15, 0.2) is 0 Å². The summed E-state index contributed by atoms with van der Waals surface area (Å²) in [7, 11) is -3.50. The van der Waals surface area contributed by atoms with Gasteiger partial charge in [-0.2, -0.15) is 0 Å². The van der Waals surface area contributed by atoms with E-state index in [1.807, 2.05) is 18.6 Å². The second kappa shape index (κ2) is 4.61. The maximum Gasteiger partial charge on any atom is 0.328 e. The van der Waals surface area contributed by atoms with Crippen LogP contribution in [0.15, 0.2) is 0 Å². The number of rotatable bonds is 3. The molecule has 16 heavy (non-hydrogen) atoms. The molecular weight excluding hydrogens is 228 g/mol. The van der Waals surface area contributed by atoms with Crippen molar-refractivity contribution in [2.24, 2.45) is 5.41 Å². The van der Waals surface area contributed by atoms with Gasteiger partial charge in [0.05, 0.1) is 6.26 Å². The Kier molecular flexibility index (Phi) is 4.38. The fourth-order valence-corrected chi connectivity index (χ4v) is 2.26. The number of urea groups is 1. The average molecular weight is 250 g/mol. The minimum absolute atomic E-state index is 0.0574. The van der Waals surface area contributed by atoms with E-state index in [0.717, 1.165) is 12.7 Å². The van der Waals surface area contributed by atoms with Crippen molar-refractivity contribution in [3.63, 3.8) is 0 Å². The molecule has 0 aliphatic rings. The molecule has 5 nitrogen and oxygen atoms in total. The molecule has 0 radical (unpaired) electrons. The fourth-order valence-electron chi connectivity index (χ4n) is 1.87. The molecule has 0 aromatic heterocycles. The molecule has 0 spiro atoms. The number of sulfonamides is 1. The van der Waals surface area contributed by atoms with Gasteiger partial charge in [0.25, 0.3) is 0 Å². The van der Waals surface area contributed by atoms with E-state index in [4.69, 9.17) is 0 Å². The Balaban J connectivity index is 4.43. The van der Waals surface area contributed by atoms with Crippen LogP contribution in [0.2, 0.25) is 0 Å². The van der Waals surface area contributed by atoms with E-state index in [0.29, 0.717) is 0 Å². The van der Waals surface area contributed by atoms with E-state index in [9.17, 15) is 13.2 Å². The minimum Gasteiger partial charge on any atom is -0.332 e. The van der Waals surface area contributed by atoms with Crippen molar-refractivity contribution < 1.29 is 13.2 Å². The standard InChI is InChI=1S/C10H22N2O3S/c1-9(2,3)7-10(4,5)11-8(13)12-16(6,14)15/h7H2,1-6H3,(H2,11,12,13). The minimum atomic E-state index is -3.50. The lowest BCUT2D eigenvalue weighted by molar-refractivity contribution is 0.215. The van der Waals surface area contributed by atoms with Crippen LogP contribution in [-0.2, 0) is 10.0 Å². The second-order valence-corrected chi connectivity index (χ2v) is 7.70. The molecule has 2 amide bonds. The number of amides is 2. The third-order valence-electron chi connectivity index (χ3n) is 1.70. The van der Waals surface area contributed by atoms with Crippen LogP contribution >= 0.6 is 0 Å². The highest BCUT2D eigenvalue weighted by atomic mass is 32.2. The Morgan fingerprint density at radius 2 is 1.56 bits per heavy atom. The van der Waals surface area contributed by atoms with Gasteiger partial charge in [-0.15, -0.1) is 0 Å². The summed E-state index contributed by atoms with van der Waals surface area (Å²) in [6.45, 7) is 9.90. The second-order valence-electron chi connectivity index (χ2n) is 5.95. The lowest BCUT2D eigenvalue weighted by Gasteiger charge is -2.33. The van der Waals surface area contributed by atoms with Crippen LogP contribution < -0.4 is 10.0 Å². The highest BCUT2D eigenvalue weighted by Crippen LogP contribution is 2.26. The molecule has 0 heterocycles. The van der Waals surface area contributed by atoms with Crippen LogP contribution in [0.5, 0.6) is 0 Å². The molecule has 0 aliphatic heterocycles. The molecule has 0 fully saturated rings. The Hall–Kier alpha value is -0.780. The summed E-state index contributed by atoms with van der Waals surface area (Å²) in [5.74, 6) is 0. The first-order valence-corrected chi connectivity index (χ1v) is 7.00. The molecule has 0 saturated carbocycles. The first-order valence-electron chi connectivity index (χ1n) is 5.11. The lowest BCUT2D eigenvalue weighted by atomic mass is 9.82. The van der Waals surface area contributed by atoms with Gasteiger partial charge in [-0.05, 0) is 25.7 Å². The van der Waals surface area contributed by atoms with Crippen LogP contribution in [0.3, 0.4) is 0 Å². The van der Waals surface area contributed by atoms with Crippen LogP contribution in [0.25, 0.3) is 0 Å². The summed E-state index contributed by atoms with van der Waals surface area (Å²) in [4.78, 5) is 11.4. The molecule has 96 valence electrons. The molecule has 0 bridgehead atoms. The van der Waals surface area contributed by atoms with Gasteiger partial charge >= 0.3 is 6.03 Å². The predicted octanol–water partition coefficient (Wildman–Crippen LogP) is 1.46.